The van der Waals surface area contributed by atoms with Crippen LogP contribution in [0.1, 0.15) is 61.0 Å². The molecule has 2 saturated heterocycles. The molecule has 29 heavy (non-hydrogen) atoms. The lowest BCUT2D eigenvalue weighted by molar-refractivity contribution is 0.0941. The Balaban J connectivity index is 1.79. The molecular weight excluding hydrogens is 386 g/mol. The van der Waals surface area contributed by atoms with E-state index in [2.05, 4.69) is 24.1 Å². The molecule has 1 unspecified atom stereocenters. The Morgan fingerprint density at radius 1 is 1.14 bits per heavy atom. The van der Waals surface area contributed by atoms with Gasteiger partial charge in [-0.05, 0) is 81.8 Å². The van der Waals surface area contributed by atoms with E-state index in [0.29, 0.717) is 37.2 Å². The summed E-state index contributed by atoms with van der Waals surface area (Å²) in [6, 6.07) is 3.74. The number of sulfonamides is 1. The number of rotatable bonds is 6. The summed E-state index contributed by atoms with van der Waals surface area (Å²) in [5, 5.41) is 3.03. The summed E-state index contributed by atoms with van der Waals surface area (Å²) >= 11 is 0. The average Bonchev–Trinajstić information content (AvgIpc) is 3.15. The monoisotopic (exact) mass is 421 g/mol. The van der Waals surface area contributed by atoms with Crippen molar-refractivity contribution in [3.05, 3.63) is 28.8 Å². The number of piperidine rings is 1. The molecule has 162 valence electrons. The minimum absolute atomic E-state index is 0.195. The van der Waals surface area contributed by atoms with E-state index in [1.165, 1.54) is 0 Å². The molecule has 0 saturated carbocycles. The van der Waals surface area contributed by atoms with Crippen molar-refractivity contribution in [1.29, 1.82) is 0 Å². The lowest BCUT2D eigenvalue weighted by Gasteiger charge is -2.30. The van der Waals surface area contributed by atoms with Crippen molar-refractivity contribution in [2.75, 3.05) is 32.7 Å². The van der Waals surface area contributed by atoms with Gasteiger partial charge in [0.15, 0.2) is 0 Å². The van der Waals surface area contributed by atoms with E-state index in [1.807, 2.05) is 13.8 Å². The number of nitrogens with zero attached hydrogens (tertiary/aromatic N) is 2. The number of carbonyl (C=O) groups is 1. The van der Waals surface area contributed by atoms with Gasteiger partial charge in [0.05, 0.1) is 4.90 Å². The zero-order valence-corrected chi connectivity index (χ0v) is 19.0. The molecule has 1 N–H and O–H groups in total. The van der Waals surface area contributed by atoms with Gasteiger partial charge in [0.1, 0.15) is 0 Å². The molecule has 3 rings (SSSR count). The number of aryl methyl sites for hydroxylation is 1. The van der Waals surface area contributed by atoms with E-state index < -0.39 is 10.0 Å². The van der Waals surface area contributed by atoms with Gasteiger partial charge >= 0.3 is 0 Å². The van der Waals surface area contributed by atoms with Crippen LogP contribution < -0.4 is 5.32 Å². The van der Waals surface area contributed by atoms with E-state index in [9.17, 15) is 13.2 Å². The summed E-state index contributed by atoms with van der Waals surface area (Å²) in [7, 11) is -3.59. The Labute approximate surface area is 175 Å². The van der Waals surface area contributed by atoms with Gasteiger partial charge in [-0.2, -0.15) is 4.31 Å². The van der Waals surface area contributed by atoms with Crippen LogP contribution >= 0.6 is 0 Å². The van der Waals surface area contributed by atoms with Crippen LogP contribution in [-0.2, 0) is 10.0 Å². The molecule has 0 spiro atoms. The van der Waals surface area contributed by atoms with Gasteiger partial charge in [-0.1, -0.05) is 13.8 Å². The Kier molecular flexibility index (Phi) is 7.02. The molecule has 0 radical (unpaired) electrons. The number of hydrogen-bond acceptors (Lipinski definition) is 4. The molecule has 2 aliphatic rings. The van der Waals surface area contributed by atoms with Gasteiger partial charge in [0, 0.05) is 31.2 Å². The average molecular weight is 422 g/mol. The van der Waals surface area contributed by atoms with Gasteiger partial charge in [0.25, 0.3) is 5.91 Å². The molecule has 1 aromatic rings. The highest BCUT2D eigenvalue weighted by Gasteiger charge is 2.30. The van der Waals surface area contributed by atoms with Crippen LogP contribution in [-0.4, -0.2) is 62.3 Å². The van der Waals surface area contributed by atoms with Crippen molar-refractivity contribution in [2.24, 2.45) is 5.92 Å². The van der Waals surface area contributed by atoms with Crippen molar-refractivity contribution < 1.29 is 13.2 Å². The standard InChI is InChI=1S/C22H35N3O3S/c1-5-24-10-6-7-20(24)15-23-22(26)19-13-17(3)18(4)21(14-19)29(27,28)25-11-8-16(2)9-12-25/h13-14,16,20H,5-12,15H2,1-4H3,(H,23,26). The number of likely N-dealkylation sites (N-methyl/N-ethyl adjacent to an activating group) is 1. The summed E-state index contributed by atoms with van der Waals surface area (Å²) in [6.45, 7) is 11.8. The fraction of sp³-hybridized carbons (Fsp3) is 0.682. The third kappa shape index (κ3) is 4.84. The van der Waals surface area contributed by atoms with Crippen LogP contribution in [0.25, 0.3) is 0 Å². The molecule has 6 nitrogen and oxygen atoms in total. The fourth-order valence-corrected chi connectivity index (χ4v) is 6.24. The van der Waals surface area contributed by atoms with Crippen molar-refractivity contribution >= 4 is 15.9 Å². The van der Waals surface area contributed by atoms with Crippen LogP contribution in [0.5, 0.6) is 0 Å². The quantitative estimate of drug-likeness (QED) is 0.767. The van der Waals surface area contributed by atoms with E-state index in [-0.39, 0.29) is 10.8 Å². The van der Waals surface area contributed by atoms with Gasteiger partial charge < -0.3 is 5.32 Å². The minimum Gasteiger partial charge on any atom is -0.350 e. The third-order valence-corrected chi connectivity index (χ3v) is 8.67. The molecule has 0 aromatic heterocycles. The van der Waals surface area contributed by atoms with Gasteiger partial charge in [-0.3, -0.25) is 9.69 Å². The molecule has 2 heterocycles. The normalized spacial score (nSPS) is 22.1. The minimum atomic E-state index is -3.59. The Hall–Kier alpha value is -1.44. The van der Waals surface area contributed by atoms with Gasteiger partial charge in [-0.25, -0.2) is 8.42 Å². The maximum absolute atomic E-state index is 13.3. The first-order valence-corrected chi connectivity index (χ1v) is 12.3. The first kappa shape index (κ1) is 22.2. The zero-order valence-electron chi connectivity index (χ0n) is 18.2. The second kappa shape index (κ2) is 9.14. The maximum atomic E-state index is 13.3. The van der Waals surface area contributed by atoms with Gasteiger partial charge in [0.2, 0.25) is 10.0 Å². The molecule has 1 atom stereocenters. The lowest BCUT2D eigenvalue weighted by atomic mass is 10.0. The van der Waals surface area contributed by atoms with Crippen molar-refractivity contribution in [1.82, 2.24) is 14.5 Å². The van der Waals surface area contributed by atoms with Crippen LogP contribution in [0.15, 0.2) is 17.0 Å². The third-order valence-electron chi connectivity index (χ3n) is 6.65. The first-order valence-electron chi connectivity index (χ1n) is 10.9. The Morgan fingerprint density at radius 3 is 2.48 bits per heavy atom. The highest BCUT2D eigenvalue weighted by molar-refractivity contribution is 7.89. The fourth-order valence-electron chi connectivity index (χ4n) is 4.45. The van der Waals surface area contributed by atoms with Gasteiger partial charge in [-0.15, -0.1) is 0 Å². The smallest absolute Gasteiger partial charge is 0.251 e. The second-order valence-electron chi connectivity index (χ2n) is 8.64. The van der Waals surface area contributed by atoms with Crippen LogP contribution in [0.2, 0.25) is 0 Å². The number of nitrogens with one attached hydrogen (secondary N) is 1. The van der Waals surface area contributed by atoms with Crippen molar-refractivity contribution in [3.63, 3.8) is 0 Å². The predicted molar refractivity (Wildman–Crippen MR) is 116 cm³/mol. The van der Waals surface area contributed by atoms with Crippen LogP contribution in [0.3, 0.4) is 0 Å². The SMILES string of the molecule is CCN1CCCC1CNC(=O)c1cc(C)c(C)c(S(=O)(=O)N2CCC(C)CC2)c1. The second-order valence-corrected chi connectivity index (χ2v) is 10.5. The number of amides is 1. The molecule has 2 aliphatic heterocycles. The highest BCUT2D eigenvalue weighted by atomic mass is 32.2. The Morgan fingerprint density at radius 2 is 1.83 bits per heavy atom. The van der Waals surface area contributed by atoms with Crippen molar-refractivity contribution in [2.45, 2.75) is 64.3 Å². The summed E-state index contributed by atoms with van der Waals surface area (Å²) in [4.78, 5) is 15.5. The van der Waals surface area contributed by atoms with E-state index >= 15 is 0 Å². The molecule has 0 bridgehead atoms. The largest absolute Gasteiger partial charge is 0.350 e. The summed E-state index contributed by atoms with van der Waals surface area (Å²) in [6.07, 6.45) is 4.02. The number of carbonyl (C=O) groups excluding carboxylic acids is 1. The summed E-state index contributed by atoms with van der Waals surface area (Å²) in [5.41, 5.74) is 1.99. The number of benzene rings is 1. The molecule has 0 aliphatic carbocycles. The lowest BCUT2D eigenvalue weighted by Crippen LogP contribution is -2.40. The van der Waals surface area contributed by atoms with Crippen LogP contribution in [0, 0.1) is 19.8 Å². The molecule has 1 aromatic carbocycles. The van der Waals surface area contributed by atoms with Crippen LogP contribution in [0.4, 0.5) is 0 Å². The molecule has 7 heteroatoms. The number of likely N-dealkylation sites (tertiary alicyclic amines) is 1. The highest BCUT2D eigenvalue weighted by Crippen LogP contribution is 2.28. The topological polar surface area (TPSA) is 69.7 Å². The van der Waals surface area contributed by atoms with E-state index in [0.717, 1.165) is 49.9 Å². The summed E-state index contributed by atoms with van der Waals surface area (Å²) < 4.78 is 28.1. The number of hydrogen-bond donors (Lipinski definition) is 1. The first-order chi connectivity index (χ1) is 13.7. The Bertz CT molecular complexity index is 845. The molecule has 2 fully saturated rings. The molecule has 1 amide bonds. The molecular formula is C22H35N3O3S. The maximum Gasteiger partial charge on any atom is 0.251 e. The predicted octanol–water partition coefficient (Wildman–Crippen LogP) is 2.94. The van der Waals surface area contributed by atoms with E-state index in [1.54, 1.807) is 16.4 Å². The van der Waals surface area contributed by atoms with Crippen molar-refractivity contribution in [3.8, 4) is 0 Å². The zero-order chi connectivity index (χ0) is 21.2. The van der Waals surface area contributed by atoms with E-state index in [4.69, 9.17) is 0 Å². The summed E-state index contributed by atoms with van der Waals surface area (Å²) in [5.74, 6) is 0.361.